The van der Waals surface area contributed by atoms with E-state index in [1.54, 1.807) is 35.2 Å². The van der Waals surface area contributed by atoms with Crippen molar-refractivity contribution in [2.75, 3.05) is 26.8 Å². The van der Waals surface area contributed by atoms with Crippen LogP contribution >= 0.6 is 0 Å². The van der Waals surface area contributed by atoms with Crippen LogP contribution in [0.3, 0.4) is 0 Å². The van der Waals surface area contributed by atoms with E-state index in [0.29, 0.717) is 40.2 Å². The molecule has 0 radical (unpaired) electrons. The van der Waals surface area contributed by atoms with Crippen LogP contribution in [0.15, 0.2) is 48.0 Å². The van der Waals surface area contributed by atoms with Gasteiger partial charge >= 0.3 is 0 Å². The van der Waals surface area contributed by atoms with Gasteiger partial charge < -0.3 is 35.0 Å². The molecule has 0 saturated heterocycles. The van der Waals surface area contributed by atoms with Crippen LogP contribution in [0.1, 0.15) is 48.3 Å². The first-order valence-electron chi connectivity index (χ1n) is 14.2. The van der Waals surface area contributed by atoms with Crippen molar-refractivity contribution in [1.29, 1.82) is 0 Å². The maximum atomic E-state index is 13.9. The largest absolute Gasteiger partial charge is 0.493 e. The van der Waals surface area contributed by atoms with E-state index in [1.165, 1.54) is 19.2 Å². The third kappa shape index (κ3) is 5.82. The van der Waals surface area contributed by atoms with Crippen molar-refractivity contribution in [3.63, 3.8) is 0 Å². The molecule has 1 saturated carbocycles. The highest BCUT2D eigenvalue weighted by molar-refractivity contribution is 5.96. The van der Waals surface area contributed by atoms with Gasteiger partial charge in [0.25, 0.3) is 0 Å². The number of nitrogens with one attached hydrogen (secondary N) is 1. The number of rotatable bonds is 10. The maximum absolute atomic E-state index is 13.9. The van der Waals surface area contributed by atoms with Crippen LogP contribution in [0.25, 0.3) is 0 Å². The Kier molecular flexibility index (Phi) is 8.91. The van der Waals surface area contributed by atoms with Gasteiger partial charge in [0, 0.05) is 30.1 Å². The summed E-state index contributed by atoms with van der Waals surface area (Å²) in [7, 11) is 1.47. The Morgan fingerprint density at radius 3 is 2.61 bits per heavy atom. The number of fused-ring (bicyclic) bond motifs is 3. The molecule has 41 heavy (non-hydrogen) atoms. The average Bonchev–Trinajstić information content (AvgIpc) is 3.65. The number of amides is 2. The van der Waals surface area contributed by atoms with Crippen molar-refractivity contribution in [2.24, 2.45) is 5.92 Å². The summed E-state index contributed by atoms with van der Waals surface area (Å²) in [5.74, 6) is -1.08. The number of aliphatic hydroxyl groups excluding tert-OH is 3. The van der Waals surface area contributed by atoms with E-state index in [1.807, 2.05) is 0 Å². The lowest BCUT2D eigenvalue weighted by Gasteiger charge is -2.41. The van der Waals surface area contributed by atoms with Gasteiger partial charge in [-0.1, -0.05) is 25.0 Å². The van der Waals surface area contributed by atoms with Crippen LogP contribution in [-0.2, 0) is 22.6 Å². The number of aliphatic hydroxyl groups is 3. The molecule has 2 aromatic rings. The lowest BCUT2D eigenvalue weighted by Crippen LogP contribution is -2.57. The van der Waals surface area contributed by atoms with Crippen LogP contribution in [0.5, 0.6) is 11.5 Å². The van der Waals surface area contributed by atoms with Gasteiger partial charge in [-0.15, -0.1) is 0 Å². The molecule has 1 fully saturated rings. The third-order valence-electron chi connectivity index (χ3n) is 8.37. The van der Waals surface area contributed by atoms with Gasteiger partial charge in [0.05, 0.1) is 32.3 Å². The number of benzene rings is 2. The maximum Gasteiger partial charge on any atom is 0.247 e. The van der Waals surface area contributed by atoms with E-state index >= 15 is 0 Å². The van der Waals surface area contributed by atoms with Gasteiger partial charge in [-0.25, -0.2) is 4.39 Å². The number of ether oxygens (including phenoxy) is 2. The highest BCUT2D eigenvalue weighted by Gasteiger charge is 2.51. The van der Waals surface area contributed by atoms with Crippen LogP contribution < -0.4 is 14.8 Å². The molecule has 2 aliphatic carbocycles. The van der Waals surface area contributed by atoms with E-state index in [-0.39, 0.29) is 43.9 Å². The molecule has 0 spiro atoms. The fraction of sp³-hybridized carbons (Fsp3) is 0.484. The second-order valence-corrected chi connectivity index (χ2v) is 10.9. The number of carbonyl (C=O) groups is 2. The number of nitrogens with zero attached hydrogens (tertiary/aromatic N) is 1. The highest BCUT2D eigenvalue weighted by atomic mass is 19.1. The monoisotopic (exact) mass is 568 g/mol. The zero-order chi connectivity index (χ0) is 29.1. The molecular formula is C31H37FN2O7. The van der Waals surface area contributed by atoms with Gasteiger partial charge in [-0.2, -0.15) is 0 Å². The standard InChI is InChI=1S/C31H37FN2O7/c1-40-25-15-19(17-36)14-22-26-23(30(38)33-10-12-35)16-24(27(37)29(26)41-28(22)25)34(31(39)20-6-2-3-7-20)11-9-18-5-4-8-21(32)13-18/h4-5,8,13-16,20,24,26-27,29,35-37H,2-3,6-7,9-12,17H2,1H3,(H,33,38)/t24-,26+,27+,29+/m1/s1. The first-order valence-corrected chi connectivity index (χ1v) is 14.2. The summed E-state index contributed by atoms with van der Waals surface area (Å²) in [6.07, 6.45) is 3.29. The first-order chi connectivity index (χ1) is 19.9. The summed E-state index contributed by atoms with van der Waals surface area (Å²) in [6.45, 7) is -0.274. The fourth-order valence-corrected chi connectivity index (χ4v) is 6.37. The Hall–Kier alpha value is -3.47. The van der Waals surface area contributed by atoms with Crippen LogP contribution in [0, 0.1) is 11.7 Å². The second kappa shape index (κ2) is 12.6. The molecule has 2 amide bonds. The van der Waals surface area contributed by atoms with Crippen molar-refractivity contribution in [1.82, 2.24) is 10.2 Å². The van der Waals surface area contributed by atoms with Gasteiger partial charge in [0.15, 0.2) is 11.5 Å². The number of methoxy groups -OCH3 is 1. The Morgan fingerprint density at radius 2 is 1.93 bits per heavy atom. The topological polar surface area (TPSA) is 129 Å². The lowest BCUT2D eigenvalue weighted by molar-refractivity contribution is -0.141. The van der Waals surface area contributed by atoms with Gasteiger partial charge in [-0.3, -0.25) is 9.59 Å². The Bertz CT molecular complexity index is 1310. The molecular weight excluding hydrogens is 531 g/mol. The summed E-state index contributed by atoms with van der Waals surface area (Å²) < 4.78 is 25.7. The fourth-order valence-electron chi connectivity index (χ4n) is 6.37. The molecule has 1 aliphatic heterocycles. The second-order valence-electron chi connectivity index (χ2n) is 10.9. The van der Waals surface area contributed by atoms with Gasteiger partial charge in [0.1, 0.15) is 18.0 Å². The Morgan fingerprint density at radius 1 is 1.15 bits per heavy atom. The minimum absolute atomic E-state index is 0.0266. The lowest BCUT2D eigenvalue weighted by atomic mass is 9.77. The molecule has 4 N–H and O–H groups in total. The summed E-state index contributed by atoms with van der Waals surface area (Å²) >= 11 is 0. The van der Waals surface area contributed by atoms with Crippen LogP contribution in [0.2, 0.25) is 0 Å². The molecule has 9 nitrogen and oxygen atoms in total. The quantitative estimate of drug-likeness (QED) is 0.346. The first kappa shape index (κ1) is 29.0. The predicted molar refractivity (Wildman–Crippen MR) is 148 cm³/mol. The Balaban J connectivity index is 1.55. The summed E-state index contributed by atoms with van der Waals surface area (Å²) in [6, 6.07) is 8.69. The van der Waals surface area contributed by atoms with Gasteiger partial charge in [0.2, 0.25) is 11.8 Å². The number of hydrogen-bond donors (Lipinski definition) is 4. The molecule has 10 heteroatoms. The summed E-state index contributed by atoms with van der Waals surface area (Å²) in [5.41, 5.74) is 2.16. The predicted octanol–water partition coefficient (Wildman–Crippen LogP) is 2.21. The van der Waals surface area contributed by atoms with E-state index in [9.17, 15) is 29.3 Å². The molecule has 3 aliphatic rings. The summed E-state index contributed by atoms with van der Waals surface area (Å²) in [4.78, 5) is 29.0. The third-order valence-corrected chi connectivity index (χ3v) is 8.37. The molecule has 0 aromatic heterocycles. The SMILES string of the molecule is COc1cc(CO)cc2c1O[C@@H]1[C@@H](O)[C@H](N(CCc3cccc(F)c3)C(=O)C3CCCC3)C=C(C(=O)NCCO)[C@H]21. The Labute approximate surface area is 238 Å². The summed E-state index contributed by atoms with van der Waals surface area (Å²) in [5, 5.41) is 33.7. The number of carbonyl (C=O) groups excluding carboxylic acids is 2. The number of hydrogen-bond acceptors (Lipinski definition) is 7. The van der Waals surface area contributed by atoms with Crippen LogP contribution in [0.4, 0.5) is 4.39 Å². The minimum atomic E-state index is -1.19. The van der Waals surface area contributed by atoms with Crippen molar-refractivity contribution < 1.29 is 38.8 Å². The van der Waals surface area contributed by atoms with Crippen molar-refractivity contribution in [2.45, 2.75) is 62.9 Å². The zero-order valence-electron chi connectivity index (χ0n) is 23.1. The smallest absolute Gasteiger partial charge is 0.247 e. The van der Waals surface area contributed by atoms with E-state index < -0.39 is 30.1 Å². The minimum Gasteiger partial charge on any atom is -0.493 e. The molecule has 1 heterocycles. The molecule has 2 aromatic carbocycles. The van der Waals surface area contributed by atoms with Crippen molar-refractivity contribution in [3.8, 4) is 11.5 Å². The van der Waals surface area contributed by atoms with Crippen molar-refractivity contribution >= 4 is 11.8 Å². The zero-order valence-corrected chi connectivity index (χ0v) is 23.1. The molecule has 5 rings (SSSR count). The molecule has 4 atom stereocenters. The van der Waals surface area contributed by atoms with Crippen molar-refractivity contribution in [3.05, 3.63) is 70.6 Å². The average molecular weight is 569 g/mol. The van der Waals surface area contributed by atoms with E-state index in [4.69, 9.17) is 9.47 Å². The highest BCUT2D eigenvalue weighted by Crippen LogP contribution is 2.51. The molecule has 0 unspecified atom stereocenters. The van der Waals surface area contributed by atoms with Gasteiger partial charge in [-0.05, 0) is 60.7 Å². The van der Waals surface area contributed by atoms with E-state index in [2.05, 4.69) is 5.32 Å². The molecule has 0 bridgehead atoms. The van der Waals surface area contributed by atoms with E-state index in [0.717, 1.165) is 25.7 Å². The van der Waals surface area contributed by atoms with Crippen LogP contribution in [-0.4, -0.2) is 77.1 Å². The normalized spacial score (nSPS) is 23.3. The number of halogens is 1. The molecule has 220 valence electrons.